The smallest absolute Gasteiger partial charge is 0.128 e. The van der Waals surface area contributed by atoms with Crippen LogP contribution in [0.2, 0.25) is 0 Å². The minimum Gasteiger partial charge on any atom is -0.459 e. The Labute approximate surface area is 85.2 Å². The first-order valence-electron chi connectivity index (χ1n) is 5.16. The van der Waals surface area contributed by atoms with Crippen LogP contribution >= 0.6 is 0 Å². The molecule has 1 aromatic heterocycles. The molecule has 1 saturated heterocycles. The minimum atomic E-state index is 0.684. The third kappa shape index (κ3) is 2.51. The van der Waals surface area contributed by atoms with Gasteiger partial charge in [0.2, 0.25) is 0 Å². The summed E-state index contributed by atoms with van der Waals surface area (Å²) in [5.41, 5.74) is 0. The van der Waals surface area contributed by atoms with Crippen molar-refractivity contribution in [3.05, 3.63) is 31.3 Å². The highest BCUT2D eigenvalue weighted by atomic mass is 15.1. The van der Waals surface area contributed by atoms with Crippen LogP contribution in [0.1, 0.15) is 18.7 Å². The van der Waals surface area contributed by atoms with Gasteiger partial charge in [-0.3, -0.25) is 7.05 Å². The van der Waals surface area contributed by atoms with E-state index in [0.29, 0.717) is 5.92 Å². The monoisotopic (exact) mass is 190 g/mol. The molecule has 1 fully saturated rings. The maximum absolute atomic E-state index is 4.25. The molecule has 3 heteroatoms. The van der Waals surface area contributed by atoms with Gasteiger partial charge in [-0.25, -0.2) is 9.97 Å². The Morgan fingerprint density at radius 1 is 1.43 bits per heavy atom. The lowest BCUT2D eigenvalue weighted by atomic mass is 9.95. The van der Waals surface area contributed by atoms with Gasteiger partial charge in [-0.1, -0.05) is 0 Å². The standard InChI is InChI=1S/C11H16N3/c1-14-7-2-4-10(9-14)8-11-12-5-3-6-13-11/h3,5-6,10H,1-2,4,7-9H2/q-1. The van der Waals surface area contributed by atoms with E-state index in [2.05, 4.69) is 21.9 Å². The maximum Gasteiger partial charge on any atom is 0.128 e. The second kappa shape index (κ2) is 4.51. The average molecular weight is 190 g/mol. The van der Waals surface area contributed by atoms with Gasteiger partial charge in [0, 0.05) is 18.8 Å². The SMILES string of the molecule is [CH2-]N1CCCC(Cc2ncccn2)C1. The lowest BCUT2D eigenvalue weighted by Gasteiger charge is -2.35. The van der Waals surface area contributed by atoms with E-state index in [-0.39, 0.29) is 0 Å². The molecule has 1 aliphatic rings. The zero-order valence-corrected chi connectivity index (χ0v) is 8.39. The average Bonchev–Trinajstić information content (AvgIpc) is 2.19. The lowest BCUT2D eigenvalue weighted by Crippen LogP contribution is -2.31. The maximum atomic E-state index is 4.25. The van der Waals surface area contributed by atoms with Crippen LogP contribution in [-0.2, 0) is 6.42 Å². The first-order chi connectivity index (χ1) is 6.84. The van der Waals surface area contributed by atoms with E-state index in [1.54, 1.807) is 0 Å². The molecule has 14 heavy (non-hydrogen) atoms. The molecule has 0 radical (unpaired) electrons. The van der Waals surface area contributed by atoms with E-state index in [0.717, 1.165) is 25.3 Å². The van der Waals surface area contributed by atoms with Crippen LogP contribution in [0.25, 0.3) is 0 Å². The summed E-state index contributed by atoms with van der Waals surface area (Å²) in [6.07, 6.45) is 7.15. The first kappa shape index (κ1) is 9.59. The molecule has 0 amide bonds. The van der Waals surface area contributed by atoms with E-state index >= 15 is 0 Å². The van der Waals surface area contributed by atoms with Crippen molar-refractivity contribution in [2.24, 2.45) is 5.92 Å². The third-order valence-corrected chi connectivity index (χ3v) is 2.69. The van der Waals surface area contributed by atoms with Crippen LogP contribution in [-0.4, -0.2) is 28.0 Å². The Hall–Kier alpha value is -0.960. The first-order valence-corrected chi connectivity index (χ1v) is 5.16. The number of likely N-dealkylation sites (tertiary alicyclic amines) is 1. The summed E-state index contributed by atoms with van der Waals surface area (Å²) in [4.78, 5) is 10.6. The van der Waals surface area contributed by atoms with Gasteiger partial charge < -0.3 is 4.90 Å². The Morgan fingerprint density at radius 3 is 2.93 bits per heavy atom. The van der Waals surface area contributed by atoms with Gasteiger partial charge in [-0.05, 0) is 37.9 Å². The molecule has 1 unspecified atom stereocenters. The Balaban J connectivity index is 1.91. The molecule has 0 spiro atoms. The van der Waals surface area contributed by atoms with Gasteiger partial charge in [0.1, 0.15) is 5.82 Å². The molecule has 76 valence electrons. The van der Waals surface area contributed by atoms with Crippen molar-refractivity contribution >= 4 is 0 Å². The van der Waals surface area contributed by atoms with Gasteiger partial charge in [0.25, 0.3) is 0 Å². The predicted octanol–water partition coefficient (Wildman–Crippen LogP) is 1.52. The van der Waals surface area contributed by atoms with Gasteiger partial charge in [-0.15, -0.1) is 0 Å². The van der Waals surface area contributed by atoms with Crippen LogP contribution in [0.3, 0.4) is 0 Å². The summed E-state index contributed by atoms with van der Waals surface area (Å²) in [6.45, 7) is 2.21. The van der Waals surface area contributed by atoms with Crippen LogP contribution in [0.4, 0.5) is 0 Å². The summed E-state index contributed by atoms with van der Waals surface area (Å²) in [5.74, 6) is 1.65. The topological polar surface area (TPSA) is 29.0 Å². The molecular formula is C11H16N3-. The highest BCUT2D eigenvalue weighted by Gasteiger charge is 2.15. The van der Waals surface area contributed by atoms with Gasteiger partial charge in [0.05, 0.1) is 0 Å². The van der Waals surface area contributed by atoms with E-state index in [1.165, 1.54) is 12.8 Å². The van der Waals surface area contributed by atoms with E-state index in [9.17, 15) is 0 Å². The van der Waals surface area contributed by atoms with Crippen LogP contribution in [0.15, 0.2) is 18.5 Å². The van der Waals surface area contributed by atoms with Crippen LogP contribution < -0.4 is 0 Å². The third-order valence-electron chi connectivity index (χ3n) is 2.69. The molecule has 0 aromatic carbocycles. The number of piperidine rings is 1. The van der Waals surface area contributed by atoms with Crippen molar-refractivity contribution in [3.63, 3.8) is 0 Å². The fourth-order valence-corrected chi connectivity index (χ4v) is 2.01. The summed E-state index contributed by atoms with van der Waals surface area (Å²) in [5, 5.41) is 0. The van der Waals surface area contributed by atoms with Crippen LogP contribution in [0.5, 0.6) is 0 Å². The number of hydrogen-bond acceptors (Lipinski definition) is 3. The van der Waals surface area contributed by atoms with Crippen molar-refractivity contribution in [3.8, 4) is 0 Å². The summed E-state index contributed by atoms with van der Waals surface area (Å²) >= 11 is 0. The predicted molar refractivity (Wildman–Crippen MR) is 55.4 cm³/mol. The molecular weight excluding hydrogens is 174 g/mol. The highest BCUT2D eigenvalue weighted by Crippen LogP contribution is 2.18. The van der Waals surface area contributed by atoms with Crippen molar-refractivity contribution in [2.45, 2.75) is 19.3 Å². The second-order valence-corrected chi connectivity index (χ2v) is 3.95. The molecule has 1 aliphatic heterocycles. The molecule has 2 rings (SSSR count). The van der Waals surface area contributed by atoms with Crippen molar-refractivity contribution in [1.29, 1.82) is 0 Å². The number of rotatable bonds is 2. The van der Waals surface area contributed by atoms with Gasteiger partial charge in [-0.2, -0.15) is 0 Å². The molecule has 0 saturated carbocycles. The fourth-order valence-electron chi connectivity index (χ4n) is 2.01. The normalized spacial score (nSPS) is 23.6. The summed E-state index contributed by atoms with van der Waals surface area (Å²) in [6, 6.07) is 1.86. The molecule has 0 aliphatic carbocycles. The van der Waals surface area contributed by atoms with Crippen molar-refractivity contribution < 1.29 is 0 Å². The molecule has 1 atom stereocenters. The van der Waals surface area contributed by atoms with Gasteiger partial charge >= 0.3 is 0 Å². The Morgan fingerprint density at radius 2 is 2.21 bits per heavy atom. The molecule has 1 aromatic rings. The second-order valence-electron chi connectivity index (χ2n) is 3.95. The highest BCUT2D eigenvalue weighted by molar-refractivity contribution is 4.91. The molecule has 3 nitrogen and oxygen atoms in total. The van der Waals surface area contributed by atoms with Crippen molar-refractivity contribution in [1.82, 2.24) is 14.9 Å². The van der Waals surface area contributed by atoms with Crippen molar-refractivity contribution in [2.75, 3.05) is 13.1 Å². The van der Waals surface area contributed by atoms with E-state index in [4.69, 9.17) is 0 Å². The number of nitrogens with zero attached hydrogens (tertiary/aromatic N) is 3. The molecule has 0 bridgehead atoms. The number of aromatic nitrogens is 2. The van der Waals surface area contributed by atoms with Gasteiger partial charge in [0.15, 0.2) is 0 Å². The largest absolute Gasteiger partial charge is 0.459 e. The van der Waals surface area contributed by atoms with Crippen LogP contribution in [0, 0.1) is 13.0 Å². The quantitative estimate of drug-likeness (QED) is 0.662. The Bertz CT molecular complexity index is 273. The number of hydrogen-bond donors (Lipinski definition) is 0. The van der Waals surface area contributed by atoms with E-state index < -0.39 is 0 Å². The molecule has 2 heterocycles. The molecule has 0 N–H and O–H groups in total. The zero-order valence-electron chi connectivity index (χ0n) is 8.39. The van der Waals surface area contributed by atoms with E-state index in [1.807, 2.05) is 18.5 Å². The summed E-state index contributed by atoms with van der Waals surface area (Å²) < 4.78 is 0. The zero-order chi connectivity index (χ0) is 9.80. The lowest BCUT2D eigenvalue weighted by molar-refractivity contribution is 0.228. The minimum absolute atomic E-state index is 0.684. The fraction of sp³-hybridized carbons (Fsp3) is 0.545. The Kier molecular flexibility index (Phi) is 3.09. The summed E-state index contributed by atoms with van der Waals surface area (Å²) in [7, 11) is 3.98.